The van der Waals surface area contributed by atoms with Crippen LogP contribution in [0.25, 0.3) is 0 Å². The number of piperazine rings is 1. The fourth-order valence-electron chi connectivity index (χ4n) is 3.10. The second-order valence-electron chi connectivity index (χ2n) is 7.18. The fourth-order valence-corrected chi connectivity index (χ4v) is 4.39. The first-order valence-corrected chi connectivity index (χ1v) is 11.7. The Morgan fingerprint density at radius 1 is 1.27 bits per heavy atom. The summed E-state index contributed by atoms with van der Waals surface area (Å²) in [5.41, 5.74) is 0.570. The van der Waals surface area contributed by atoms with Crippen LogP contribution in [0.4, 0.5) is 5.69 Å². The summed E-state index contributed by atoms with van der Waals surface area (Å²) in [5, 5.41) is 14.4. The maximum Gasteiger partial charge on any atom is 0.274 e. The zero-order chi connectivity index (χ0) is 22.1. The smallest absolute Gasteiger partial charge is 0.274 e. The van der Waals surface area contributed by atoms with Gasteiger partial charge in [0.2, 0.25) is 10.0 Å². The molecule has 11 heteroatoms. The molecule has 1 heterocycles. The van der Waals surface area contributed by atoms with Crippen LogP contribution < -0.4 is 5.32 Å². The van der Waals surface area contributed by atoms with Gasteiger partial charge < -0.3 is 15.0 Å². The van der Waals surface area contributed by atoms with Crippen molar-refractivity contribution in [3.63, 3.8) is 0 Å². The van der Waals surface area contributed by atoms with E-state index in [0.717, 1.165) is 0 Å². The standard InChI is InChI=1S/C19H31N5O5S/c1-4-20-19(21-15-17-7-5-6-8-18(17)24(25)26)22-9-11-23(12-10-22)30(27,28)14-13-29-16(2)3/h5-8,16H,4,9-15H2,1-3H3,(H,20,21). The van der Waals surface area contributed by atoms with Crippen molar-refractivity contribution in [1.29, 1.82) is 0 Å². The number of ether oxygens (including phenoxy) is 1. The van der Waals surface area contributed by atoms with Gasteiger partial charge in [-0.25, -0.2) is 13.4 Å². The number of para-hydroxylation sites is 1. The highest BCUT2D eigenvalue weighted by Gasteiger charge is 2.28. The summed E-state index contributed by atoms with van der Waals surface area (Å²) < 4.78 is 31.8. The van der Waals surface area contributed by atoms with Crippen molar-refractivity contribution in [2.24, 2.45) is 4.99 Å². The molecule has 0 aliphatic carbocycles. The van der Waals surface area contributed by atoms with Gasteiger partial charge in [-0.1, -0.05) is 18.2 Å². The van der Waals surface area contributed by atoms with Crippen molar-refractivity contribution in [3.05, 3.63) is 39.9 Å². The minimum Gasteiger partial charge on any atom is -0.378 e. The Labute approximate surface area is 178 Å². The first kappa shape index (κ1) is 24.0. The Morgan fingerprint density at radius 2 is 1.93 bits per heavy atom. The molecule has 0 radical (unpaired) electrons. The van der Waals surface area contributed by atoms with Crippen LogP contribution in [0.15, 0.2) is 29.3 Å². The van der Waals surface area contributed by atoms with Gasteiger partial charge in [-0.15, -0.1) is 0 Å². The van der Waals surface area contributed by atoms with Gasteiger partial charge in [-0.2, -0.15) is 4.31 Å². The Bertz CT molecular complexity index is 835. The Kier molecular flexibility index (Phi) is 9.00. The number of guanidine groups is 1. The highest BCUT2D eigenvalue weighted by molar-refractivity contribution is 7.89. The normalized spacial score (nSPS) is 16.1. The van der Waals surface area contributed by atoms with E-state index in [4.69, 9.17) is 4.74 Å². The average Bonchev–Trinajstić information content (AvgIpc) is 2.71. The number of hydrogen-bond donors (Lipinski definition) is 1. The lowest BCUT2D eigenvalue weighted by atomic mass is 10.2. The second kappa shape index (κ2) is 11.2. The first-order valence-electron chi connectivity index (χ1n) is 10.1. The number of nitro groups is 1. The lowest BCUT2D eigenvalue weighted by Crippen LogP contribution is -2.54. The highest BCUT2D eigenvalue weighted by Crippen LogP contribution is 2.18. The molecule has 0 amide bonds. The quantitative estimate of drug-likeness (QED) is 0.267. The molecule has 1 aromatic rings. The third kappa shape index (κ3) is 6.92. The summed E-state index contributed by atoms with van der Waals surface area (Å²) in [6, 6.07) is 6.53. The molecular weight excluding hydrogens is 410 g/mol. The summed E-state index contributed by atoms with van der Waals surface area (Å²) in [7, 11) is -3.36. The minimum absolute atomic E-state index is 0.00336. The van der Waals surface area contributed by atoms with E-state index in [1.807, 2.05) is 25.7 Å². The first-order chi connectivity index (χ1) is 14.2. The van der Waals surface area contributed by atoms with Gasteiger partial charge in [0, 0.05) is 38.8 Å². The molecule has 2 rings (SSSR count). The van der Waals surface area contributed by atoms with Crippen molar-refractivity contribution >= 4 is 21.7 Å². The molecule has 168 valence electrons. The molecule has 0 atom stereocenters. The summed E-state index contributed by atoms with van der Waals surface area (Å²) in [6.45, 7) is 8.38. The van der Waals surface area contributed by atoms with E-state index in [2.05, 4.69) is 10.3 Å². The van der Waals surface area contributed by atoms with E-state index < -0.39 is 14.9 Å². The van der Waals surface area contributed by atoms with Crippen molar-refractivity contribution in [3.8, 4) is 0 Å². The number of rotatable bonds is 9. The molecule has 1 aliphatic rings. The molecule has 0 bridgehead atoms. The van der Waals surface area contributed by atoms with Crippen LogP contribution >= 0.6 is 0 Å². The number of hydrogen-bond acceptors (Lipinski definition) is 6. The van der Waals surface area contributed by atoms with E-state index in [0.29, 0.717) is 44.2 Å². The SMILES string of the molecule is CCNC(=NCc1ccccc1[N+](=O)[O-])N1CCN(S(=O)(=O)CCOC(C)C)CC1. The maximum absolute atomic E-state index is 12.5. The van der Waals surface area contributed by atoms with E-state index >= 15 is 0 Å². The van der Waals surface area contributed by atoms with Crippen LogP contribution in [0.2, 0.25) is 0 Å². The molecule has 10 nitrogen and oxygen atoms in total. The molecule has 30 heavy (non-hydrogen) atoms. The molecule has 0 aromatic heterocycles. The molecule has 0 saturated carbocycles. The predicted octanol–water partition coefficient (Wildman–Crippen LogP) is 1.43. The third-order valence-corrected chi connectivity index (χ3v) is 6.48. The summed E-state index contributed by atoms with van der Waals surface area (Å²) >= 11 is 0. The Balaban J connectivity index is 2.00. The van der Waals surface area contributed by atoms with Crippen LogP contribution in [-0.2, 0) is 21.3 Å². The zero-order valence-electron chi connectivity index (χ0n) is 17.8. The van der Waals surface area contributed by atoms with Crippen LogP contribution in [0, 0.1) is 10.1 Å². The summed E-state index contributed by atoms with van der Waals surface area (Å²) in [5.74, 6) is 0.590. The molecule has 1 N–H and O–H groups in total. The third-order valence-electron chi connectivity index (χ3n) is 4.65. The van der Waals surface area contributed by atoms with Gasteiger partial charge in [-0.3, -0.25) is 10.1 Å². The van der Waals surface area contributed by atoms with Crippen molar-refractivity contribution in [2.75, 3.05) is 45.1 Å². The maximum atomic E-state index is 12.5. The number of nitrogens with one attached hydrogen (secondary N) is 1. The fraction of sp³-hybridized carbons (Fsp3) is 0.632. The molecule has 1 aromatic carbocycles. The van der Waals surface area contributed by atoms with Gasteiger partial charge in [0.05, 0.1) is 35.5 Å². The van der Waals surface area contributed by atoms with Gasteiger partial charge in [0.15, 0.2) is 5.96 Å². The second-order valence-corrected chi connectivity index (χ2v) is 9.27. The molecule has 0 unspecified atom stereocenters. The van der Waals surface area contributed by atoms with Gasteiger partial charge in [-0.05, 0) is 20.8 Å². The van der Waals surface area contributed by atoms with Gasteiger partial charge in [0.25, 0.3) is 5.69 Å². The number of benzene rings is 1. The molecule has 0 spiro atoms. The highest BCUT2D eigenvalue weighted by atomic mass is 32.2. The minimum atomic E-state index is -3.36. The van der Waals surface area contributed by atoms with E-state index in [1.54, 1.807) is 18.2 Å². The molecule has 1 aliphatic heterocycles. The van der Waals surface area contributed by atoms with Crippen molar-refractivity contribution in [2.45, 2.75) is 33.4 Å². The molecule has 1 saturated heterocycles. The molecule has 1 fully saturated rings. The van der Waals surface area contributed by atoms with Crippen LogP contribution in [0.5, 0.6) is 0 Å². The zero-order valence-corrected chi connectivity index (χ0v) is 18.6. The number of nitrogens with zero attached hydrogens (tertiary/aromatic N) is 4. The van der Waals surface area contributed by atoms with Crippen molar-refractivity contribution in [1.82, 2.24) is 14.5 Å². The van der Waals surface area contributed by atoms with E-state index in [9.17, 15) is 18.5 Å². The Hall–Kier alpha value is -2.24. The number of sulfonamides is 1. The monoisotopic (exact) mass is 441 g/mol. The largest absolute Gasteiger partial charge is 0.378 e. The number of nitro benzene ring substituents is 1. The Morgan fingerprint density at radius 3 is 2.53 bits per heavy atom. The average molecular weight is 442 g/mol. The van der Waals surface area contributed by atoms with Crippen molar-refractivity contribution < 1.29 is 18.1 Å². The number of aliphatic imine (C=N–C) groups is 1. The summed E-state index contributed by atoms with van der Waals surface area (Å²) in [6.07, 6.45) is -0.00336. The van der Waals surface area contributed by atoms with Gasteiger partial charge in [0.1, 0.15) is 0 Å². The lowest BCUT2D eigenvalue weighted by molar-refractivity contribution is -0.385. The predicted molar refractivity (Wildman–Crippen MR) is 116 cm³/mol. The van der Waals surface area contributed by atoms with Gasteiger partial charge >= 0.3 is 0 Å². The lowest BCUT2D eigenvalue weighted by Gasteiger charge is -2.35. The summed E-state index contributed by atoms with van der Waals surface area (Å²) in [4.78, 5) is 17.3. The van der Waals surface area contributed by atoms with E-state index in [-0.39, 0.29) is 30.7 Å². The van der Waals surface area contributed by atoms with Crippen LogP contribution in [-0.4, -0.2) is 79.7 Å². The van der Waals surface area contributed by atoms with Crippen LogP contribution in [0.3, 0.4) is 0 Å². The van der Waals surface area contributed by atoms with E-state index in [1.165, 1.54) is 10.4 Å². The molecular formula is C19H31N5O5S. The van der Waals surface area contributed by atoms with Crippen LogP contribution in [0.1, 0.15) is 26.3 Å². The topological polar surface area (TPSA) is 117 Å².